The Labute approximate surface area is 62.0 Å². The fourth-order valence-electron chi connectivity index (χ4n) is 0.235. The molecule has 0 N–H and O–H groups in total. The number of halogens is 1. The van der Waals surface area contributed by atoms with E-state index in [4.69, 9.17) is 4.74 Å². The first-order chi connectivity index (χ1) is 4.41. The molecule has 9 heavy (non-hydrogen) atoms. The van der Waals surface area contributed by atoms with Gasteiger partial charge in [0.1, 0.15) is 0 Å². The summed E-state index contributed by atoms with van der Waals surface area (Å²) < 4.78 is 4.90. The van der Waals surface area contributed by atoms with Crippen LogP contribution in [0.15, 0.2) is 25.3 Å². The molecule has 0 radical (unpaired) electrons. The third-order valence-corrected chi connectivity index (χ3v) is 0.471. The van der Waals surface area contributed by atoms with Crippen LogP contribution in [0.1, 0.15) is 0 Å². The molecule has 0 fully saturated rings. The van der Waals surface area contributed by atoms with Gasteiger partial charge in [0.15, 0.2) is 0 Å². The molecule has 0 aromatic rings. The summed E-state index contributed by atoms with van der Waals surface area (Å²) in [6, 6.07) is 0. The van der Waals surface area contributed by atoms with Crippen LogP contribution >= 0.6 is 11.6 Å². The third kappa shape index (κ3) is 18.2. The van der Waals surface area contributed by atoms with Crippen LogP contribution < -0.4 is 0 Å². The van der Waals surface area contributed by atoms with Gasteiger partial charge in [0, 0.05) is 6.38 Å². The summed E-state index contributed by atoms with van der Waals surface area (Å²) in [6.45, 7) is 8.18. The van der Waals surface area contributed by atoms with Gasteiger partial charge >= 0.3 is 0 Å². The molecule has 0 bridgehead atoms. The number of alkyl halides is 1. The van der Waals surface area contributed by atoms with Crippen LogP contribution in [0.5, 0.6) is 0 Å². The molecule has 1 nitrogen and oxygen atoms in total. The Morgan fingerprint density at radius 2 is 1.56 bits per heavy atom. The maximum atomic E-state index is 4.90. The first kappa shape index (κ1) is 11.5. The van der Waals surface area contributed by atoms with Crippen LogP contribution in [-0.2, 0) is 4.74 Å². The molecule has 0 aliphatic carbocycles. The molecule has 0 aromatic heterocycles. The molecule has 0 saturated carbocycles. The van der Waals surface area contributed by atoms with E-state index in [0.29, 0.717) is 13.2 Å². The van der Waals surface area contributed by atoms with Crippen molar-refractivity contribution in [1.29, 1.82) is 0 Å². The largest absolute Gasteiger partial charge is 0.373 e. The van der Waals surface area contributed by atoms with Gasteiger partial charge < -0.3 is 4.74 Å². The summed E-state index contributed by atoms with van der Waals surface area (Å²) in [4.78, 5) is 0. The summed E-state index contributed by atoms with van der Waals surface area (Å²) in [6.07, 6.45) is 4.90. The highest BCUT2D eigenvalue weighted by molar-refractivity contribution is 6.15. The van der Waals surface area contributed by atoms with E-state index in [2.05, 4.69) is 24.8 Å². The standard InChI is InChI=1S/C6H10O.CH3Cl/c1-3-5-7-6-4-2;1-2/h3-4H,1-2,5-6H2;1H3. The predicted molar refractivity (Wildman–Crippen MR) is 43.0 cm³/mol. The lowest BCUT2D eigenvalue weighted by Crippen LogP contribution is -1.87. The van der Waals surface area contributed by atoms with Crippen molar-refractivity contribution < 1.29 is 4.74 Å². The van der Waals surface area contributed by atoms with Gasteiger partial charge in [-0.3, -0.25) is 0 Å². The maximum Gasteiger partial charge on any atom is 0.0649 e. The molecule has 0 amide bonds. The zero-order valence-corrected chi connectivity index (χ0v) is 6.53. The summed E-state index contributed by atoms with van der Waals surface area (Å²) in [5.74, 6) is 0. The van der Waals surface area contributed by atoms with Gasteiger partial charge in [-0.2, -0.15) is 0 Å². The van der Waals surface area contributed by atoms with Crippen LogP contribution in [0.4, 0.5) is 0 Å². The van der Waals surface area contributed by atoms with E-state index in [1.54, 1.807) is 12.2 Å². The molecule has 0 aliphatic rings. The number of rotatable bonds is 4. The SMILES string of the molecule is C=CCOCC=C.CCl. The van der Waals surface area contributed by atoms with Crippen molar-refractivity contribution in [3.05, 3.63) is 25.3 Å². The van der Waals surface area contributed by atoms with E-state index in [0.717, 1.165) is 0 Å². The van der Waals surface area contributed by atoms with Crippen LogP contribution in [0.3, 0.4) is 0 Å². The predicted octanol–water partition coefficient (Wildman–Crippen LogP) is 2.23. The smallest absolute Gasteiger partial charge is 0.0649 e. The Hall–Kier alpha value is -0.270. The van der Waals surface area contributed by atoms with Crippen molar-refractivity contribution >= 4 is 11.6 Å². The topological polar surface area (TPSA) is 9.23 Å². The monoisotopic (exact) mass is 148 g/mol. The van der Waals surface area contributed by atoms with Crippen molar-refractivity contribution in [1.82, 2.24) is 0 Å². The molecule has 0 rings (SSSR count). The van der Waals surface area contributed by atoms with E-state index in [-0.39, 0.29) is 0 Å². The van der Waals surface area contributed by atoms with Crippen molar-refractivity contribution in [3.63, 3.8) is 0 Å². The first-order valence-electron chi connectivity index (χ1n) is 2.59. The molecule has 0 aliphatic heterocycles. The van der Waals surface area contributed by atoms with Crippen molar-refractivity contribution in [2.45, 2.75) is 0 Å². The normalized spacial score (nSPS) is 6.89. The Kier molecular flexibility index (Phi) is 20.0. The van der Waals surface area contributed by atoms with Gasteiger partial charge in [0.25, 0.3) is 0 Å². The molecule has 0 saturated heterocycles. The van der Waals surface area contributed by atoms with Gasteiger partial charge in [-0.1, -0.05) is 12.2 Å². The lowest BCUT2D eigenvalue weighted by molar-refractivity contribution is 0.194. The highest BCUT2D eigenvalue weighted by atomic mass is 35.5. The zero-order chi connectivity index (χ0) is 7.54. The van der Waals surface area contributed by atoms with Crippen LogP contribution in [0.2, 0.25) is 0 Å². The highest BCUT2D eigenvalue weighted by Crippen LogP contribution is 1.72. The molecule has 0 spiro atoms. The second kappa shape index (κ2) is 15.6. The lowest BCUT2D eigenvalue weighted by Gasteiger charge is -1.89. The molecular weight excluding hydrogens is 136 g/mol. The van der Waals surface area contributed by atoms with Crippen LogP contribution in [-0.4, -0.2) is 19.6 Å². The van der Waals surface area contributed by atoms with Gasteiger partial charge in [-0.05, 0) is 0 Å². The maximum absolute atomic E-state index is 4.90. The second-order valence-electron chi connectivity index (χ2n) is 1.11. The highest BCUT2D eigenvalue weighted by Gasteiger charge is 1.70. The minimum absolute atomic E-state index is 0.617. The molecule has 0 atom stereocenters. The van der Waals surface area contributed by atoms with E-state index < -0.39 is 0 Å². The average Bonchev–Trinajstić information content (AvgIpc) is 1.94. The van der Waals surface area contributed by atoms with E-state index >= 15 is 0 Å². The van der Waals surface area contributed by atoms with Crippen molar-refractivity contribution in [3.8, 4) is 0 Å². The van der Waals surface area contributed by atoms with E-state index in [9.17, 15) is 0 Å². The Morgan fingerprint density at radius 3 is 1.78 bits per heavy atom. The Bertz CT molecular complexity index is 53.9. The van der Waals surface area contributed by atoms with Gasteiger partial charge in [0.05, 0.1) is 13.2 Å². The van der Waals surface area contributed by atoms with Gasteiger partial charge in [-0.25, -0.2) is 0 Å². The van der Waals surface area contributed by atoms with Crippen LogP contribution in [0.25, 0.3) is 0 Å². The third-order valence-electron chi connectivity index (χ3n) is 0.471. The first-order valence-corrected chi connectivity index (χ1v) is 3.34. The molecule has 0 unspecified atom stereocenters. The number of hydrogen-bond donors (Lipinski definition) is 0. The van der Waals surface area contributed by atoms with Crippen molar-refractivity contribution in [2.24, 2.45) is 0 Å². The van der Waals surface area contributed by atoms with Gasteiger partial charge in [0.2, 0.25) is 0 Å². The molecular formula is C7H13ClO. The van der Waals surface area contributed by atoms with Gasteiger partial charge in [-0.15, -0.1) is 24.8 Å². The summed E-state index contributed by atoms with van der Waals surface area (Å²) >= 11 is 4.64. The second-order valence-corrected chi connectivity index (χ2v) is 1.11. The quantitative estimate of drug-likeness (QED) is 0.338. The fourth-order valence-corrected chi connectivity index (χ4v) is 0.235. The van der Waals surface area contributed by atoms with Crippen molar-refractivity contribution in [2.75, 3.05) is 19.6 Å². The fraction of sp³-hybridized carbons (Fsp3) is 0.429. The number of ether oxygens (including phenoxy) is 1. The lowest BCUT2D eigenvalue weighted by atomic mass is 10.6. The van der Waals surface area contributed by atoms with E-state index in [1.807, 2.05) is 0 Å². The molecule has 2 heteroatoms. The zero-order valence-electron chi connectivity index (χ0n) is 5.77. The molecule has 0 heterocycles. The average molecular weight is 149 g/mol. The summed E-state index contributed by atoms with van der Waals surface area (Å²) in [5, 5.41) is 0. The summed E-state index contributed by atoms with van der Waals surface area (Å²) in [5.41, 5.74) is 0. The minimum atomic E-state index is 0.617. The van der Waals surface area contributed by atoms with Crippen LogP contribution in [0, 0.1) is 0 Å². The molecule has 0 aromatic carbocycles. The Morgan fingerprint density at radius 1 is 1.22 bits per heavy atom. The Balaban J connectivity index is 0. The number of hydrogen-bond acceptors (Lipinski definition) is 1. The minimum Gasteiger partial charge on any atom is -0.373 e. The van der Waals surface area contributed by atoms with E-state index in [1.165, 1.54) is 6.38 Å². The molecule has 54 valence electrons. The summed E-state index contributed by atoms with van der Waals surface area (Å²) in [7, 11) is 0.